The van der Waals surface area contributed by atoms with Gasteiger partial charge in [-0.05, 0) is 60.3 Å². The first kappa shape index (κ1) is 23.4. The molecule has 2 N–H and O–H groups in total. The third kappa shape index (κ3) is 7.45. The minimum absolute atomic E-state index is 0.231. The average Bonchev–Trinajstić information content (AvgIpc) is 2.50. The fraction of sp³-hybridized carbons (Fsp3) is 0.842. The molecule has 2 unspecified atom stereocenters. The quantitative estimate of drug-likeness (QED) is 0.573. The predicted molar refractivity (Wildman–Crippen MR) is 96.6 cm³/mol. The van der Waals surface area contributed by atoms with Gasteiger partial charge in [0.25, 0.3) is 0 Å². The SMILES string of the molecule is CCCOC(=O)C(C)(C)CC(CC(C)(CC)C(=O)OC(C)C)C(N)=O. The van der Waals surface area contributed by atoms with Crippen molar-refractivity contribution in [2.24, 2.45) is 22.5 Å². The molecule has 2 atom stereocenters. The fourth-order valence-electron chi connectivity index (χ4n) is 2.63. The van der Waals surface area contributed by atoms with E-state index in [0.29, 0.717) is 13.0 Å². The Morgan fingerprint density at radius 2 is 1.56 bits per heavy atom. The molecule has 0 heterocycles. The van der Waals surface area contributed by atoms with Gasteiger partial charge in [-0.2, -0.15) is 0 Å². The molecule has 0 aromatic carbocycles. The van der Waals surface area contributed by atoms with Crippen LogP contribution >= 0.6 is 0 Å². The van der Waals surface area contributed by atoms with Crippen molar-refractivity contribution in [3.05, 3.63) is 0 Å². The average molecular weight is 357 g/mol. The maximum atomic E-state index is 12.4. The number of ether oxygens (including phenoxy) is 2. The van der Waals surface area contributed by atoms with Crippen LogP contribution in [0.15, 0.2) is 0 Å². The van der Waals surface area contributed by atoms with Crippen molar-refractivity contribution in [3.63, 3.8) is 0 Å². The number of carbonyl (C=O) groups excluding carboxylic acids is 3. The van der Waals surface area contributed by atoms with Gasteiger partial charge in [-0.25, -0.2) is 0 Å². The molecule has 146 valence electrons. The molecule has 1 amide bonds. The third-order valence-corrected chi connectivity index (χ3v) is 4.46. The lowest BCUT2D eigenvalue weighted by Gasteiger charge is -2.33. The molecule has 0 aliphatic carbocycles. The minimum atomic E-state index is -0.856. The molecule has 0 saturated heterocycles. The highest BCUT2D eigenvalue weighted by molar-refractivity contribution is 5.82. The Hall–Kier alpha value is -1.59. The van der Waals surface area contributed by atoms with Gasteiger partial charge in [-0.1, -0.05) is 13.8 Å². The maximum Gasteiger partial charge on any atom is 0.312 e. The Morgan fingerprint density at radius 3 is 1.96 bits per heavy atom. The van der Waals surface area contributed by atoms with E-state index in [0.717, 1.165) is 6.42 Å². The van der Waals surface area contributed by atoms with E-state index in [4.69, 9.17) is 15.2 Å². The molecule has 0 aromatic rings. The second-order valence-electron chi connectivity index (χ2n) is 7.90. The highest BCUT2D eigenvalue weighted by Gasteiger charge is 2.41. The van der Waals surface area contributed by atoms with Gasteiger partial charge in [0, 0.05) is 5.92 Å². The van der Waals surface area contributed by atoms with Crippen LogP contribution in [-0.4, -0.2) is 30.6 Å². The van der Waals surface area contributed by atoms with Crippen LogP contribution in [0, 0.1) is 16.7 Å². The number of hydrogen-bond donors (Lipinski definition) is 1. The number of rotatable bonds is 11. The minimum Gasteiger partial charge on any atom is -0.465 e. The zero-order valence-electron chi connectivity index (χ0n) is 16.8. The second kappa shape index (κ2) is 9.78. The van der Waals surface area contributed by atoms with Crippen molar-refractivity contribution in [1.82, 2.24) is 0 Å². The van der Waals surface area contributed by atoms with Crippen LogP contribution in [0.25, 0.3) is 0 Å². The number of amides is 1. The number of carbonyl (C=O) groups is 3. The highest BCUT2D eigenvalue weighted by atomic mass is 16.5. The molecule has 6 nitrogen and oxygen atoms in total. The molecule has 0 saturated carbocycles. The molecule has 0 aliphatic rings. The molecule has 0 rings (SSSR count). The summed E-state index contributed by atoms with van der Waals surface area (Å²) in [5.41, 5.74) is 3.88. The summed E-state index contributed by atoms with van der Waals surface area (Å²) in [6, 6.07) is 0. The monoisotopic (exact) mass is 357 g/mol. The van der Waals surface area contributed by atoms with Crippen molar-refractivity contribution in [1.29, 1.82) is 0 Å². The standard InChI is InChI=1S/C19H35NO5/c1-8-10-24-16(22)18(5,6)11-14(15(20)21)12-19(7,9-2)17(23)25-13(3)4/h13-14H,8-12H2,1-7H3,(H2,20,21). The van der Waals surface area contributed by atoms with Gasteiger partial charge >= 0.3 is 11.9 Å². The van der Waals surface area contributed by atoms with E-state index in [2.05, 4.69) is 0 Å². The number of hydrogen-bond acceptors (Lipinski definition) is 5. The van der Waals surface area contributed by atoms with Crippen LogP contribution in [0.2, 0.25) is 0 Å². The Bertz CT molecular complexity index is 472. The van der Waals surface area contributed by atoms with Crippen molar-refractivity contribution in [3.8, 4) is 0 Å². The normalized spacial score (nSPS) is 15.4. The molecule has 25 heavy (non-hydrogen) atoms. The fourth-order valence-corrected chi connectivity index (χ4v) is 2.63. The van der Waals surface area contributed by atoms with Gasteiger partial charge in [0.2, 0.25) is 5.91 Å². The zero-order valence-corrected chi connectivity index (χ0v) is 16.8. The van der Waals surface area contributed by atoms with Gasteiger partial charge in [-0.3, -0.25) is 14.4 Å². The first-order valence-electron chi connectivity index (χ1n) is 9.07. The summed E-state index contributed by atoms with van der Waals surface area (Å²) >= 11 is 0. The van der Waals surface area contributed by atoms with Crippen LogP contribution in [-0.2, 0) is 23.9 Å². The molecule has 0 radical (unpaired) electrons. The van der Waals surface area contributed by atoms with Crippen LogP contribution in [0.3, 0.4) is 0 Å². The largest absolute Gasteiger partial charge is 0.465 e. The number of nitrogens with two attached hydrogens (primary N) is 1. The van der Waals surface area contributed by atoms with Crippen LogP contribution < -0.4 is 5.73 Å². The van der Waals surface area contributed by atoms with Crippen LogP contribution in [0.1, 0.15) is 74.1 Å². The van der Waals surface area contributed by atoms with E-state index in [1.54, 1.807) is 34.6 Å². The highest BCUT2D eigenvalue weighted by Crippen LogP contribution is 2.37. The Kier molecular flexibility index (Phi) is 9.16. The number of primary amides is 1. The summed E-state index contributed by atoms with van der Waals surface area (Å²) in [5.74, 6) is -1.84. The summed E-state index contributed by atoms with van der Waals surface area (Å²) in [5, 5.41) is 0. The molecule has 0 aliphatic heterocycles. The lowest BCUT2D eigenvalue weighted by Crippen LogP contribution is -2.40. The summed E-state index contributed by atoms with van der Waals surface area (Å²) < 4.78 is 10.5. The van der Waals surface area contributed by atoms with E-state index >= 15 is 0 Å². The second-order valence-corrected chi connectivity index (χ2v) is 7.90. The third-order valence-electron chi connectivity index (χ3n) is 4.46. The lowest BCUT2D eigenvalue weighted by molar-refractivity contribution is -0.161. The Morgan fingerprint density at radius 1 is 1.00 bits per heavy atom. The Labute approximate surface area is 151 Å². The van der Waals surface area contributed by atoms with Crippen molar-refractivity contribution in [2.45, 2.75) is 80.3 Å². The summed E-state index contributed by atoms with van der Waals surface area (Å²) in [7, 11) is 0. The van der Waals surface area contributed by atoms with Gasteiger partial charge in [0.05, 0.1) is 23.5 Å². The van der Waals surface area contributed by atoms with Gasteiger partial charge in [0.15, 0.2) is 0 Å². The summed E-state index contributed by atoms with van der Waals surface area (Å²) in [4.78, 5) is 36.6. The topological polar surface area (TPSA) is 95.7 Å². The van der Waals surface area contributed by atoms with Gasteiger partial charge in [-0.15, -0.1) is 0 Å². The van der Waals surface area contributed by atoms with E-state index in [1.165, 1.54) is 0 Å². The number of esters is 2. The molecule has 0 fully saturated rings. The summed E-state index contributed by atoms with van der Waals surface area (Å²) in [6.45, 7) is 12.9. The van der Waals surface area contributed by atoms with Crippen molar-refractivity contribution < 1.29 is 23.9 Å². The maximum absolute atomic E-state index is 12.4. The molecular formula is C19H35NO5. The summed E-state index contributed by atoms with van der Waals surface area (Å²) in [6.07, 6.45) is 1.49. The van der Waals surface area contributed by atoms with E-state index in [1.807, 2.05) is 13.8 Å². The molecular weight excluding hydrogens is 322 g/mol. The first-order chi connectivity index (χ1) is 11.4. The van der Waals surface area contributed by atoms with E-state index < -0.39 is 22.7 Å². The smallest absolute Gasteiger partial charge is 0.312 e. The van der Waals surface area contributed by atoms with E-state index in [-0.39, 0.29) is 30.9 Å². The van der Waals surface area contributed by atoms with Crippen LogP contribution in [0.5, 0.6) is 0 Å². The van der Waals surface area contributed by atoms with Crippen molar-refractivity contribution in [2.75, 3.05) is 6.61 Å². The van der Waals surface area contributed by atoms with Gasteiger partial charge in [0.1, 0.15) is 0 Å². The van der Waals surface area contributed by atoms with E-state index in [9.17, 15) is 14.4 Å². The molecule has 0 spiro atoms. The zero-order chi connectivity index (χ0) is 19.8. The lowest BCUT2D eigenvalue weighted by atomic mass is 9.73. The van der Waals surface area contributed by atoms with Crippen molar-refractivity contribution >= 4 is 17.8 Å². The van der Waals surface area contributed by atoms with Crippen LogP contribution in [0.4, 0.5) is 0 Å². The first-order valence-corrected chi connectivity index (χ1v) is 9.07. The molecule has 0 bridgehead atoms. The Balaban J connectivity index is 5.25. The predicted octanol–water partition coefficient (Wildman–Crippen LogP) is 3.22. The molecule has 6 heteroatoms. The van der Waals surface area contributed by atoms with Gasteiger partial charge < -0.3 is 15.2 Å². The molecule has 0 aromatic heterocycles.